The molecular formula is C90H175NO18. The Morgan fingerprint density at radius 1 is 0.294 bits per heavy atom. The number of aliphatic hydroxyl groups excluding tert-OH is 11. The standard InChI is InChI=1S/C90H175NO18/c1-3-5-7-9-11-13-15-17-19-21-23-25-27-29-31-33-35-37-39-41-43-45-47-49-51-53-55-57-59-61-63-65-67-74(95)73(91-78(96)68-66-64-62-60-58-56-54-52-50-48-46-44-42-40-38-36-34-32-30-28-26-24-22-20-18-16-14-12-10-8-6-4-2)72-104-88-84(102)81(99)86(76(70-93)106-88)109-90-85(103)82(100)87(77(71-94)107-90)108-89-83(101)80(98)79(97)75(69-92)105-89/h73-77,79-90,92-95,97-103H,3-72H2,1-2H3,(H,91,96). The normalized spacial score (nSPS) is 25.2. The highest BCUT2D eigenvalue weighted by molar-refractivity contribution is 5.76. The van der Waals surface area contributed by atoms with Gasteiger partial charge in [0, 0.05) is 6.42 Å². The van der Waals surface area contributed by atoms with Crippen molar-refractivity contribution in [1.29, 1.82) is 0 Å². The van der Waals surface area contributed by atoms with Gasteiger partial charge < -0.3 is 89.9 Å². The molecule has 3 aliphatic rings. The molecule has 0 saturated carbocycles. The van der Waals surface area contributed by atoms with Crippen LogP contribution in [0.3, 0.4) is 0 Å². The molecule has 19 nitrogen and oxygen atoms in total. The Balaban J connectivity index is 1.30. The van der Waals surface area contributed by atoms with Gasteiger partial charge in [-0.3, -0.25) is 4.79 Å². The van der Waals surface area contributed by atoms with E-state index in [1.54, 1.807) is 0 Å². The molecule has 19 heteroatoms. The molecule has 0 aromatic heterocycles. The molecule has 109 heavy (non-hydrogen) atoms. The van der Waals surface area contributed by atoms with E-state index in [9.17, 15) is 61.0 Å². The minimum atomic E-state index is -1.97. The van der Waals surface area contributed by atoms with Crippen LogP contribution in [0.5, 0.6) is 0 Å². The van der Waals surface area contributed by atoms with E-state index < -0.39 is 124 Å². The first-order chi connectivity index (χ1) is 53.3. The molecule has 0 aromatic rings. The summed E-state index contributed by atoms with van der Waals surface area (Å²) in [6.45, 7) is 1.90. The van der Waals surface area contributed by atoms with Gasteiger partial charge in [-0.2, -0.15) is 0 Å². The summed E-state index contributed by atoms with van der Waals surface area (Å²) >= 11 is 0. The Labute approximate surface area is 665 Å². The van der Waals surface area contributed by atoms with E-state index in [-0.39, 0.29) is 18.9 Å². The summed E-state index contributed by atoms with van der Waals surface area (Å²) in [5.74, 6) is -0.230. The van der Waals surface area contributed by atoms with Crippen LogP contribution in [0.15, 0.2) is 0 Å². The molecule has 0 bridgehead atoms. The number of hydrogen-bond donors (Lipinski definition) is 12. The Kier molecular flexibility index (Phi) is 66.4. The van der Waals surface area contributed by atoms with Gasteiger partial charge in [0.25, 0.3) is 0 Å². The SMILES string of the molecule is CCCCCCCCCCCCCCCCCCCCCCCCCCCCCCCCCCC(=O)NC(COC1OC(CO)C(OC2OC(CO)C(OC3OC(CO)C(O)C(O)C3O)C(O)C2O)C(O)C1O)C(O)CCCCCCCCCCCCCCCCCCCCCCCCCCCCCCCCCC. The lowest BCUT2D eigenvalue weighted by Crippen LogP contribution is -2.66. The monoisotopic (exact) mass is 1560 g/mol. The van der Waals surface area contributed by atoms with Crippen LogP contribution in [0.4, 0.5) is 0 Å². The molecule has 0 spiro atoms. The minimum Gasteiger partial charge on any atom is -0.394 e. The lowest BCUT2D eigenvalue weighted by Gasteiger charge is -2.48. The lowest BCUT2D eigenvalue weighted by molar-refractivity contribution is -0.379. The van der Waals surface area contributed by atoms with Gasteiger partial charge in [-0.05, 0) is 12.8 Å². The summed E-state index contributed by atoms with van der Waals surface area (Å²) in [4.78, 5) is 13.6. The van der Waals surface area contributed by atoms with E-state index in [1.165, 1.54) is 360 Å². The number of unbranched alkanes of at least 4 members (excludes halogenated alkanes) is 62. The molecule has 17 unspecified atom stereocenters. The Morgan fingerprint density at radius 3 is 0.798 bits per heavy atom. The number of carbonyl (C=O) groups is 1. The average molecular weight is 1560 g/mol. The van der Waals surface area contributed by atoms with Crippen molar-refractivity contribution in [3.05, 3.63) is 0 Å². The molecular weight excluding hydrogens is 1380 g/mol. The van der Waals surface area contributed by atoms with Crippen LogP contribution < -0.4 is 5.32 Å². The predicted molar refractivity (Wildman–Crippen MR) is 439 cm³/mol. The summed E-state index contributed by atoms with van der Waals surface area (Å²) in [6, 6.07) is -0.885. The second kappa shape index (κ2) is 70.9. The fourth-order valence-electron chi connectivity index (χ4n) is 16.5. The molecule has 12 N–H and O–H groups in total. The van der Waals surface area contributed by atoms with Gasteiger partial charge in [0.1, 0.15) is 73.2 Å². The molecule has 17 atom stereocenters. The average Bonchev–Trinajstić information content (AvgIpc) is 0.780. The summed E-state index contributed by atoms with van der Waals surface area (Å²) in [5, 5.41) is 121. The first-order valence-electron chi connectivity index (χ1n) is 46.8. The zero-order valence-electron chi connectivity index (χ0n) is 70.1. The van der Waals surface area contributed by atoms with Crippen LogP contribution in [0.1, 0.15) is 438 Å². The molecule has 648 valence electrons. The summed E-state index contributed by atoms with van der Waals surface area (Å²) in [5.41, 5.74) is 0. The van der Waals surface area contributed by atoms with E-state index in [4.69, 9.17) is 28.4 Å². The van der Waals surface area contributed by atoms with Crippen molar-refractivity contribution in [3.63, 3.8) is 0 Å². The molecule has 3 aliphatic heterocycles. The van der Waals surface area contributed by atoms with Gasteiger partial charge in [-0.25, -0.2) is 0 Å². The van der Waals surface area contributed by atoms with Crippen LogP contribution in [0.2, 0.25) is 0 Å². The van der Waals surface area contributed by atoms with Gasteiger partial charge in [0.15, 0.2) is 18.9 Å². The smallest absolute Gasteiger partial charge is 0.220 e. The third-order valence-electron chi connectivity index (χ3n) is 23.9. The Bertz CT molecular complexity index is 1960. The van der Waals surface area contributed by atoms with E-state index in [0.29, 0.717) is 12.8 Å². The fourth-order valence-corrected chi connectivity index (χ4v) is 16.5. The third-order valence-corrected chi connectivity index (χ3v) is 23.9. The Morgan fingerprint density at radius 2 is 0.523 bits per heavy atom. The predicted octanol–water partition coefficient (Wildman–Crippen LogP) is 18.1. The third kappa shape index (κ3) is 49.6. The molecule has 0 aliphatic carbocycles. The van der Waals surface area contributed by atoms with Crippen molar-refractivity contribution >= 4 is 5.91 Å². The highest BCUT2D eigenvalue weighted by atomic mass is 16.8. The number of rotatable bonds is 78. The minimum absolute atomic E-state index is 0.230. The molecule has 1 amide bonds. The first-order valence-corrected chi connectivity index (χ1v) is 46.8. The fraction of sp³-hybridized carbons (Fsp3) is 0.989. The number of hydrogen-bond acceptors (Lipinski definition) is 18. The van der Waals surface area contributed by atoms with E-state index in [0.717, 1.165) is 44.9 Å². The topological polar surface area (TPSA) is 307 Å². The summed E-state index contributed by atoms with van der Waals surface area (Å²) in [7, 11) is 0. The van der Waals surface area contributed by atoms with Crippen molar-refractivity contribution in [2.24, 2.45) is 0 Å². The maximum absolute atomic E-state index is 13.6. The second-order valence-electron chi connectivity index (χ2n) is 33.8. The number of nitrogens with one attached hydrogen (secondary N) is 1. The molecule has 3 fully saturated rings. The number of carbonyl (C=O) groups excluding carboxylic acids is 1. The van der Waals surface area contributed by atoms with Crippen molar-refractivity contribution in [3.8, 4) is 0 Å². The largest absolute Gasteiger partial charge is 0.394 e. The quantitative estimate of drug-likeness (QED) is 0.0252. The number of ether oxygens (including phenoxy) is 6. The molecule has 0 aromatic carbocycles. The van der Waals surface area contributed by atoms with Crippen LogP contribution in [-0.2, 0) is 33.2 Å². The summed E-state index contributed by atoms with van der Waals surface area (Å²) < 4.78 is 34.6. The van der Waals surface area contributed by atoms with E-state index in [2.05, 4.69) is 19.2 Å². The van der Waals surface area contributed by atoms with Gasteiger partial charge in [0.2, 0.25) is 5.91 Å². The zero-order chi connectivity index (χ0) is 78.8. The number of aliphatic hydroxyl groups is 11. The maximum atomic E-state index is 13.6. The van der Waals surface area contributed by atoms with Crippen molar-refractivity contribution in [2.75, 3.05) is 26.4 Å². The van der Waals surface area contributed by atoms with E-state index >= 15 is 0 Å². The van der Waals surface area contributed by atoms with Gasteiger partial charge in [-0.1, -0.05) is 418 Å². The Hall–Kier alpha value is -1.21. The van der Waals surface area contributed by atoms with Crippen LogP contribution in [0.25, 0.3) is 0 Å². The molecule has 3 saturated heterocycles. The van der Waals surface area contributed by atoms with Crippen molar-refractivity contribution < 1.29 is 89.4 Å². The van der Waals surface area contributed by atoms with Crippen molar-refractivity contribution in [1.82, 2.24) is 5.32 Å². The molecule has 3 heterocycles. The van der Waals surface area contributed by atoms with Crippen LogP contribution >= 0.6 is 0 Å². The second-order valence-corrected chi connectivity index (χ2v) is 33.8. The van der Waals surface area contributed by atoms with E-state index in [1.807, 2.05) is 0 Å². The van der Waals surface area contributed by atoms with Crippen LogP contribution in [-0.4, -0.2) is 193 Å². The maximum Gasteiger partial charge on any atom is 0.220 e. The van der Waals surface area contributed by atoms with Crippen molar-refractivity contribution in [2.45, 2.75) is 542 Å². The lowest BCUT2D eigenvalue weighted by atomic mass is 9.96. The molecule has 3 rings (SSSR count). The van der Waals surface area contributed by atoms with Gasteiger partial charge in [-0.15, -0.1) is 0 Å². The first kappa shape index (κ1) is 102. The summed E-state index contributed by atoms with van der Waals surface area (Å²) in [6.07, 6.45) is 59.4. The van der Waals surface area contributed by atoms with Crippen LogP contribution in [0, 0.1) is 0 Å². The highest BCUT2D eigenvalue weighted by Crippen LogP contribution is 2.34. The molecule has 0 radical (unpaired) electrons. The van der Waals surface area contributed by atoms with Gasteiger partial charge >= 0.3 is 0 Å². The number of amides is 1. The van der Waals surface area contributed by atoms with Gasteiger partial charge in [0.05, 0.1) is 38.6 Å². The zero-order valence-corrected chi connectivity index (χ0v) is 70.1. The highest BCUT2D eigenvalue weighted by Gasteiger charge is 2.54.